The summed E-state index contributed by atoms with van der Waals surface area (Å²) in [7, 11) is 0. The van der Waals surface area contributed by atoms with Gasteiger partial charge < -0.3 is 10.3 Å². The Balaban J connectivity index is 2.01. The third-order valence-corrected chi connectivity index (χ3v) is 4.52. The van der Waals surface area contributed by atoms with E-state index < -0.39 is 11.4 Å². The lowest BCUT2D eigenvalue weighted by molar-refractivity contribution is -0.124. The zero-order valence-electron chi connectivity index (χ0n) is 15.4. The van der Waals surface area contributed by atoms with Crippen molar-refractivity contribution in [3.63, 3.8) is 0 Å². The van der Waals surface area contributed by atoms with Crippen LogP contribution in [0.1, 0.15) is 19.4 Å². The first-order valence-electron chi connectivity index (χ1n) is 8.78. The highest BCUT2D eigenvalue weighted by molar-refractivity contribution is 6.33. The Morgan fingerprint density at radius 3 is 2.61 bits per heavy atom. The zero-order valence-corrected chi connectivity index (χ0v) is 16.2. The summed E-state index contributed by atoms with van der Waals surface area (Å²) in [5, 5.41) is 3.17. The van der Waals surface area contributed by atoms with Gasteiger partial charge in [-0.05, 0) is 17.7 Å². The molecule has 144 valence electrons. The van der Waals surface area contributed by atoms with Crippen molar-refractivity contribution >= 4 is 17.5 Å². The molecule has 7 heteroatoms. The number of H-pyrrole nitrogens is 1. The summed E-state index contributed by atoms with van der Waals surface area (Å²) < 4.78 is 14.4. The van der Waals surface area contributed by atoms with Crippen LogP contribution >= 0.6 is 11.6 Å². The van der Waals surface area contributed by atoms with Crippen LogP contribution in [0.2, 0.25) is 5.02 Å². The molecule has 1 heterocycles. The van der Waals surface area contributed by atoms with E-state index >= 15 is 0 Å². The van der Waals surface area contributed by atoms with Crippen LogP contribution in [0.3, 0.4) is 0 Å². The highest BCUT2D eigenvalue weighted by Gasteiger charge is 2.16. The van der Waals surface area contributed by atoms with E-state index in [-0.39, 0.29) is 23.3 Å². The maximum absolute atomic E-state index is 14.4. The highest BCUT2D eigenvalue weighted by Crippen LogP contribution is 2.28. The first kappa shape index (κ1) is 19.8. The fourth-order valence-electron chi connectivity index (χ4n) is 2.63. The molecular formula is C21H19ClFN3O2. The Bertz CT molecular complexity index is 1060. The number of amides is 1. The summed E-state index contributed by atoms with van der Waals surface area (Å²) in [5.41, 5.74) is 0.796. The lowest BCUT2D eigenvalue weighted by Crippen LogP contribution is -2.27. The molecule has 0 aliphatic heterocycles. The molecule has 1 aromatic heterocycles. The molecular weight excluding hydrogens is 381 g/mol. The molecule has 0 spiro atoms. The second-order valence-corrected chi connectivity index (χ2v) is 7.04. The van der Waals surface area contributed by atoms with Crippen LogP contribution in [-0.4, -0.2) is 15.9 Å². The summed E-state index contributed by atoms with van der Waals surface area (Å²) in [6, 6.07) is 13.8. The van der Waals surface area contributed by atoms with Crippen molar-refractivity contribution < 1.29 is 9.18 Å². The number of hydrogen-bond donors (Lipinski definition) is 2. The SMILES string of the molecule is CC(C)C(=O)NCc1ccc(Cl)c(-c2nc(-c3ccccc3)c(F)c(=O)[nH]2)c1. The number of carbonyl (C=O) groups is 1. The fraction of sp³-hybridized carbons (Fsp3) is 0.190. The van der Waals surface area contributed by atoms with Gasteiger partial charge in [0, 0.05) is 23.6 Å². The molecule has 0 radical (unpaired) electrons. The number of nitrogens with zero attached hydrogens (tertiary/aromatic N) is 1. The van der Waals surface area contributed by atoms with Crippen molar-refractivity contribution in [1.82, 2.24) is 15.3 Å². The van der Waals surface area contributed by atoms with Crippen molar-refractivity contribution in [2.45, 2.75) is 20.4 Å². The molecule has 2 N–H and O–H groups in total. The molecule has 0 bridgehead atoms. The number of aromatic amines is 1. The standard InChI is InChI=1S/C21H19ClFN3O2/c1-12(2)20(27)24-11-13-8-9-16(22)15(10-13)19-25-18(17(23)21(28)26-19)14-6-4-3-5-7-14/h3-10,12H,11H2,1-2H3,(H,24,27)(H,25,26,28). The molecule has 1 amide bonds. The molecule has 2 aromatic carbocycles. The van der Waals surface area contributed by atoms with Crippen molar-refractivity contribution in [3.05, 3.63) is 75.3 Å². The maximum atomic E-state index is 14.4. The Hall–Kier alpha value is -2.99. The van der Waals surface area contributed by atoms with Crippen LogP contribution < -0.4 is 10.9 Å². The summed E-state index contributed by atoms with van der Waals surface area (Å²) in [6.07, 6.45) is 0. The van der Waals surface area contributed by atoms with Gasteiger partial charge in [0.25, 0.3) is 5.56 Å². The van der Waals surface area contributed by atoms with Crippen LogP contribution in [0.25, 0.3) is 22.6 Å². The molecule has 28 heavy (non-hydrogen) atoms. The molecule has 0 aliphatic rings. The quantitative estimate of drug-likeness (QED) is 0.676. The zero-order chi connectivity index (χ0) is 20.3. The Labute approximate surface area is 166 Å². The van der Waals surface area contributed by atoms with E-state index in [1.165, 1.54) is 0 Å². The van der Waals surface area contributed by atoms with E-state index in [1.807, 2.05) is 0 Å². The number of carbonyl (C=O) groups excluding carboxylic acids is 1. The third kappa shape index (κ3) is 4.28. The average molecular weight is 400 g/mol. The van der Waals surface area contributed by atoms with Gasteiger partial charge in [-0.2, -0.15) is 4.39 Å². The topological polar surface area (TPSA) is 74.8 Å². The van der Waals surface area contributed by atoms with Gasteiger partial charge in [0.05, 0.1) is 5.02 Å². The second kappa shape index (κ2) is 8.35. The van der Waals surface area contributed by atoms with Gasteiger partial charge >= 0.3 is 0 Å². The summed E-state index contributed by atoms with van der Waals surface area (Å²) >= 11 is 6.29. The normalized spacial score (nSPS) is 10.9. The number of hydrogen-bond acceptors (Lipinski definition) is 3. The van der Waals surface area contributed by atoms with Crippen molar-refractivity contribution in [2.75, 3.05) is 0 Å². The first-order chi connectivity index (χ1) is 13.4. The largest absolute Gasteiger partial charge is 0.352 e. The molecule has 0 unspecified atom stereocenters. The summed E-state index contributed by atoms with van der Waals surface area (Å²) in [5.74, 6) is -0.995. The predicted octanol–water partition coefficient (Wildman–Crippen LogP) is 4.17. The Kier molecular flexibility index (Phi) is 5.90. The number of nitrogens with one attached hydrogen (secondary N) is 2. The number of rotatable bonds is 5. The Morgan fingerprint density at radius 2 is 1.93 bits per heavy atom. The lowest BCUT2D eigenvalue weighted by atomic mass is 10.1. The number of benzene rings is 2. The predicted molar refractivity (Wildman–Crippen MR) is 107 cm³/mol. The van der Waals surface area contributed by atoms with Gasteiger partial charge in [-0.3, -0.25) is 9.59 Å². The second-order valence-electron chi connectivity index (χ2n) is 6.63. The van der Waals surface area contributed by atoms with Gasteiger partial charge in [-0.25, -0.2) is 4.98 Å². The van der Waals surface area contributed by atoms with E-state index in [2.05, 4.69) is 15.3 Å². The van der Waals surface area contributed by atoms with Gasteiger partial charge in [-0.1, -0.05) is 61.8 Å². The minimum atomic E-state index is -0.952. The Morgan fingerprint density at radius 1 is 1.21 bits per heavy atom. The van der Waals surface area contributed by atoms with Gasteiger partial charge in [0.1, 0.15) is 11.5 Å². The van der Waals surface area contributed by atoms with E-state index in [0.717, 1.165) is 5.56 Å². The highest BCUT2D eigenvalue weighted by atomic mass is 35.5. The van der Waals surface area contributed by atoms with Gasteiger partial charge in [0.15, 0.2) is 0 Å². The summed E-state index contributed by atoms with van der Waals surface area (Å²) in [6.45, 7) is 3.92. The minimum absolute atomic E-state index is 0.0473. The average Bonchev–Trinajstić information content (AvgIpc) is 2.69. The smallest absolute Gasteiger partial charge is 0.287 e. The van der Waals surface area contributed by atoms with Gasteiger partial charge in [-0.15, -0.1) is 0 Å². The molecule has 3 aromatic rings. The third-order valence-electron chi connectivity index (χ3n) is 4.19. The van der Waals surface area contributed by atoms with Crippen LogP contribution in [0.5, 0.6) is 0 Å². The van der Waals surface area contributed by atoms with Crippen LogP contribution in [0, 0.1) is 11.7 Å². The molecule has 5 nitrogen and oxygen atoms in total. The van der Waals surface area contributed by atoms with Crippen molar-refractivity contribution in [1.29, 1.82) is 0 Å². The van der Waals surface area contributed by atoms with Crippen molar-refractivity contribution in [2.24, 2.45) is 5.92 Å². The molecule has 3 rings (SSSR count). The van der Waals surface area contributed by atoms with Gasteiger partial charge in [0.2, 0.25) is 11.7 Å². The van der Waals surface area contributed by atoms with Crippen LogP contribution in [0.15, 0.2) is 53.3 Å². The summed E-state index contributed by atoms with van der Waals surface area (Å²) in [4.78, 5) is 30.6. The van der Waals surface area contributed by atoms with E-state index in [0.29, 0.717) is 22.7 Å². The molecule has 0 aliphatic carbocycles. The maximum Gasteiger partial charge on any atom is 0.287 e. The number of aromatic nitrogens is 2. The number of halogens is 2. The van der Waals surface area contributed by atoms with Crippen molar-refractivity contribution in [3.8, 4) is 22.6 Å². The monoisotopic (exact) mass is 399 g/mol. The molecule has 0 fully saturated rings. The fourth-order valence-corrected chi connectivity index (χ4v) is 2.84. The first-order valence-corrected chi connectivity index (χ1v) is 9.16. The molecule has 0 saturated carbocycles. The van der Waals surface area contributed by atoms with E-state index in [9.17, 15) is 14.0 Å². The molecule has 0 atom stereocenters. The van der Waals surface area contributed by atoms with E-state index in [4.69, 9.17) is 11.6 Å². The lowest BCUT2D eigenvalue weighted by Gasteiger charge is -2.11. The van der Waals surface area contributed by atoms with Crippen LogP contribution in [-0.2, 0) is 11.3 Å². The van der Waals surface area contributed by atoms with Crippen LogP contribution in [0.4, 0.5) is 4.39 Å². The molecule has 0 saturated heterocycles. The van der Waals surface area contributed by atoms with E-state index in [1.54, 1.807) is 62.4 Å². The minimum Gasteiger partial charge on any atom is -0.352 e.